The van der Waals surface area contributed by atoms with E-state index in [0.717, 1.165) is 62.1 Å². The summed E-state index contributed by atoms with van der Waals surface area (Å²) in [4.78, 5) is 54.3. The molecule has 2 aromatic carbocycles. The summed E-state index contributed by atoms with van der Waals surface area (Å²) in [6, 6.07) is 7.30. The van der Waals surface area contributed by atoms with Crippen molar-refractivity contribution in [2.24, 2.45) is 11.8 Å². The topological polar surface area (TPSA) is 78.1 Å². The van der Waals surface area contributed by atoms with E-state index in [1.54, 1.807) is 21.3 Å². The number of unbranched alkanes of at least 4 members (excludes halogenated alkanes) is 16. The highest BCUT2D eigenvalue weighted by Gasteiger charge is 2.23. The fourth-order valence-electron chi connectivity index (χ4n) is 8.67. The third kappa shape index (κ3) is 11.0. The first-order valence-electron chi connectivity index (χ1n) is 21.7. The van der Waals surface area contributed by atoms with Gasteiger partial charge in [-0.1, -0.05) is 168 Å². The minimum atomic E-state index is -0.447. The molecule has 0 radical (unpaired) electrons. The second-order valence-corrected chi connectivity index (χ2v) is 16.1. The van der Waals surface area contributed by atoms with E-state index in [2.05, 4.69) is 27.7 Å². The highest BCUT2D eigenvalue weighted by atomic mass is 16.2. The molecule has 0 saturated carbocycles. The van der Waals surface area contributed by atoms with Gasteiger partial charge in [0.05, 0.1) is 21.8 Å². The van der Waals surface area contributed by atoms with Crippen molar-refractivity contribution in [3.05, 3.63) is 65.4 Å². The zero-order chi connectivity index (χ0) is 37.3. The second kappa shape index (κ2) is 22.3. The molecule has 2 unspecified atom stereocenters. The smallest absolute Gasteiger partial charge is 0.299 e. The van der Waals surface area contributed by atoms with Gasteiger partial charge in [-0.05, 0) is 49.7 Å². The van der Waals surface area contributed by atoms with E-state index in [9.17, 15) is 19.2 Å². The summed E-state index contributed by atoms with van der Waals surface area (Å²) in [5, 5.41) is 2.48. The molecule has 0 spiro atoms. The Hall–Kier alpha value is -3.02. The monoisotopic (exact) mass is 715 g/mol. The van der Waals surface area contributed by atoms with Crippen LogP contribution in [0.1, 0.15) is 182 Å². The highest BCUT2D eigenvalue weighted by Crippen LogP contribution is 2.31. The number of nitrogens with zero attached hydrogens (tertiary/aromatic N) is 2. The largest absolute Gasteiger partial charge is 0.304 e. The summed E-state index contributed by atoms with van der Waals surface area (Å²) in [6.45, 7) is 10.0. The van der Waals surface area contributed by atoms with Gasteiger partial charge in [0.1, 0.15) is 0 Å². The van der Waals surface area contributed by atoms with Crippen LogP contribution in [-0.2, 0) is 13.1 Å². The zero-order valence-corrected chi connectivity index (χ0v) is 33.4. The van der Waals surface area contributed by atoms with Gasteiger partial charge in [0.2, 0.25) is 0 Å². The predicted molar refractivity (Wildman–Crippen MR) is 223 cm³/mol. The zero-order valence-electron chi connectivity index (χ0n) is 33.4. The molecule has 6 heteroatoms. The van der Waals surface area contributed by atoms with Crippen molar-refractivity contribution >= 4 is 32.6 Å². The number of fused-ring (bicyclic) bond motifs is 5. The molecule has 2 atom stereocenters. The molecule has 2 aromatic heterocycles. The van der Waals surface area contributed by atoms with Crippen molar-refractivity contribution in [1.82, 2.24) is 9.13 Å². The van der Waals surface area contributed by atoms with E-state index in [-0.39, 0.29) is 0 Å². The maximum atomic E-state index is 13.7. The SMILES string of the molecule is CCCCCCCCC(CCCCCC)Cn1c(=O)c(=O)c2ccc3c(ccc4c(=O)c(=O)n(CC(CCCCCC)CCCCCCCC)c43)c21. The molecule has 0 bridgehead atoms. The molecule has 2 heterocycles. The van der Waals surface area contributed by atoms with Crippen molar-refractivity contribution < 1.29 is 0 Å². The van der Waals surface area contributed by atoms with Crippen LogP contribution < -0.4 is 22.0 Å². The normalized spacial score (nSPS) is 13.2. The Kier molecular flexibility index (Phi) is 17.9. The summed E-state index contributed by atoms with van der Waals surface area (Å²) < 4.78 is 3.51. The third-order valence-corrected chi connectivity index (χ3v) is 11.8. The highest BCUT2D eigenvalue weighted by molar-refractivity contribution is 6.15. The molecule has 0 aliphatic heterocycles. The molecular formula is C46H70N2O4. The molecule has 288 valence electrons. The molecule has 0 amide bonds. The lowest BCUT2D eigenvalue weighted by molar-refractivity contribution is 0.359. The molecule has 52 heavy (non-hydrogen) atoms. The van der Waals surface area contributed by atoms with Crippen molar-refractivity contribution in [2.75, 3.05) is 0 Å². The van der Waals surface area contributed by atoms with Crippen LogP contribution in [0.3, 0.4) is 0 Å². The van der Waals surface area contributed by atoms with Crippen LogP contribution in [0, 0.1) is 11.8 Å². The molecule has 0 aliphatic carbocycles. The molecule has 0 fully saturated rings. The van der Waals surface area contributed by atoms with Crippen LogP contribution in [0.2, 0.25) is 0 Å². The summed E-state index contributed by atoms with van der Waals surface area (Å²) in [6.07, 6.45) is 28.5. The summed E-state index contributed by atoms with van der Waals surface area (Å²) in [5.41, 5.74) is -0.439. The molecule has 4 aromatic rings. The van der Waals surface area contributed by atoms with Gasteiger partial charge in [-0.2, -0.15) is 0 Å². The standard InChI is InChI=1S/C46H70N2O4/c1-5-9-13-17-19-23-27-35(25-21-15-11-7-3)33-47-41-37-29-32-40-42(38(37)30-31-39(41)43(49)45(47)51)48(46(52)44(40)50)34-36(26-22-16-12-8-4)28-24-20-18-14-10-6-2/h29-32,35-36H,5-28,33-34H2,1-4H3. The van der Waals surface area contributed by atoms with E-state index in [0.29, 0.717) is 46.7 Å². The van der Waals surface area contributed by atoms with Gasteiger partial charge in [-0.15, -0.1) is 0 Å². The fraction of sp³-hybridized carbons (Fsp3) is 0.696. The Morgan fingerprint density at radius 3 is 0.981 bits per heavy atom. The van der Waals surface area contributed by atoms with Gasteiger partial charge < -0.3 is 9.13 Å². The Morgan fingerprint density at radius 1 is 0.385 bits per heavy atom. The second-order valence-electron chi connectivity index (χ2n) is 16.1. The first-order chi connectivity index (χ1) is 25.4. The summed E-state index contributed by atoms with van der Waals surface area (Å²) >= 11 is 0. The number of hydrogen-bond donors (Lipinski definition) is 0. The first kappa shape index (κ1) is 41.7. The molecule has 0 saturated heterocycles. The van der Waals surface area contributed by atoms with E-state index < -0.39 is 22.0 Å². The van der Waals surface area contributed by atoms with Gasteiger partial charge in [-0.25, -0.2) is 0 Å². The van der Waals surface area contributed by atoms with Gasteiger partial charge in [0.15, 0.2) is 0 Å². The van der Waals surface area contributed by atoms with Gasteiger partial charge in [-0.3, -0.25) is 19.2 Å². The molecular weight excluding hydrogens is 645 g/mol. The lowest BCUT2D eigenvalue weighted by atomic mass is 9.93. The average Bonchev–Trinajstić information content (AvgIpc) is 3.54. The summed E-state index contributed by atoms with van der Waals surface area (Å²) in [7, 11) is 0. The van der Waals surface area contributed by atoms with Gasteiger partial charge in [0.25, 0.3) is 22.0 Å². The Labute approximate surface area is 313 Å². The van der Waals surface area contributed by atoms with Crippen molar-refractivity contribution in [3.8, 4) is 0 Å². The van der Waals surface area contributed by atoms with Crippen LogP contribution in [0.25, 0.3) is 32.6 Å². The Morgan fingerprint density at radius 2 is 0.654 bits per heavy atom. The fourth-order valence-corrected chi connectivity index (χ4v) is 8.67. The van der Waals surface area contributed by atoms with Gasteiger partial charge in [0, 0.05) is 23.9 Å². The average molecular weight is 715 g/mol. The number of rotatable bonds is 28. The predicted octanol–water partition coefficient (Wildman–Crippen LogP) is 11.7. The Bertz CT molecular complexity index is 1720. The van der Waals surface area contributed by atoms with Gasteiger partial charge >= 0.3 is 0 Å². The third-order valence-electron chi connectivity index (χ3n) is 11.8. The van der Waals surface area contributed by atoms with E-state index in [1.807, 2.05) is 12.1 Å². The van der Waals surface area contributed by atoms with Crippen LogP contribution in [0.15, 0.2) is 43.4 Å². The lowest BCUT2D eigenvalue weighted by Gasteiger charge is -2.19. The Balaban J connectivity index is 1.71. The lowest BCUT2D eigenvalue weighted by Crippen LogP contribution is -2.29. The number of aromatic nitrogens is 2. The van der Waals surface area contributed by atoms with Crippen LogP contribution >= 0.6 is 0 Å². The quantitative estimate of drug-likeness (QED) is 0.0433. The minimum absolute atomic E-state index is 0.325. The van der Waals surface area contributed by atoms with E-state index >= 15 is 0 Å². The van der Waals surface area contributed by atoms with Crippen LogP contribution in [0.4, 0.5) is 0 Å². The maximum Gasteiger partial charge on any atom is 0.299 e. The van der Waals surface area contributed by atoms with Crippen molar-refractivity contribution in [1.29, 1.82) is 0 Å². The summed E-state index contributed by atoms with van der Waals surface area (Å²) in [5.74, 6) is 0.649. The van der Waals surface area contributed by atoms with E-state index in [1.165, 1.54) is 103 Å². The van der Waals surface area contributed by atoms with E-state index in [4.69, 9.17) is 0 Å². The molecule has 6 nitrogen and oxygen atoms in total. The van der Waals surface area contributed by atoms with Crippen LogP contribution in [-0.4, -0.2) is 9.13 Å². The van der Waals surface area contributed by atoms with Crippen LogP contribution in [0.5, 0.6) is 0 Å². The minimum Gasteiger partial charge on any atom is -0.304 e. The van der Waals surface area contributed by atoms with Crippen molar-refractivity contribution in [3.63, 3.8) is 0 Å². The number of hydrogen-bond acceptors (Lipinski definition) is 4. The molecule has 0 N–H and O–H groups in total. The first-order valence-corrected chi connectivity index (χ1v) is 21.7. The maximum absolute atomic E-state index is 13.7. The molecule has 4 rings (SSSR count). The number of benzene rings is 2. The van der Waals surface area contributed by atoms with Crippen molar-refractivity contribution in [2.45, 2.75) is 195 Å². The molecule has 0 aliphatic rings.